The van der Waals surface area contributed by atoms with E-state index in [2.05, 4.69) is 15.5 Å². The van der Waals surface area contributed by atoms with E-state index in [-0.39, 0.29) is 32.2 Å². The number of nitrogens with one attached hydrogen (secondary N) is 2. The Balaban J connectivity index is 1.56. The highest BCUT2D eigenvalue weighted by atomic mass is 16.5. The Bertz CT molecular complexity index is 1180. The zero-order chi connectivity index (χ0) is 26.0. The molecule has 0 bridgehead atoms. The maximum Gasteiger partial charge on any atom is 0.322 e. The van der Waals surface area contributed by atoms with Crippen molar-refractivity contribution in [2.24, 2.45) is 0 Å². The van der Waals surface area contributed by atoms with Crippen LogP contribution in [0.15, 0.2) is 54.9 Å². The van der Waals surface area contributed by atoms with E-state index in [1.54, 1.807) is 36.5 Å². The smallest absolute Gasteiger partial charge is 0.322 e. The normalized spacial score (nSPS) is 13.2. The summed E-state index contributed by atoms with van der Waals surface area (Å²) < 4.78 is 16.4. The summed E-state index contributed by atoms with van der Waals surface area (Å²) in [4.78, 5) is 29.7. The number of H-pyrrole nitrogens is 1. The molecule has 0 unspecified atom stereocenters. The predicted molar refractivity (Wildman–Crippen MR) is 136 cm³/mol. The summed E-state index contributed by atoms with van der Waals surface area (Å²) in [6.07, 6.45) is 3.42. The van der Waals surface area contributed by atoms with Gasteiger partial charge in [0.25, 0.3) is 0 Å². The molecular formula is C26H31N5O6. The number of aliphatic hydroxyl groups excluding tert-OH is 1. The molecule has 1 aliphatic heterocycles. The van der Waals surface area contributed by atoms with Crippen LogP contribution < -0.4 is 14.8 Å². The van der Waals surface area contributed by atoms with Crippen LogP contribution in [0.5, 0.6) is 11.5 Å². The fourth-order valence-corrected chi connectivity index (χ4v) is 3.95. The quantitative estimate of drug-likeness (QED) is 0.383. The fourth-order valence-electron chi connectivity index (χ4n) is 3.95. The Hall–Kier alpha value is -4.09. The summed E-state index contributed by atoms with van der Waals surface area (Å²) in [6.45, 7) is 1.89. The Morgan fingerprint density at radius 2 is 2.03 bits per heavy atom. The van der Waals surface area contributed by atoms with Gasteiger partial charge < -0.3 is 34.4 Å². The van der Waals surface area contributed by atoms with Crippen LogP contribution in [0.3, 0.4) is 0 Å². The number of amides is 3. The van der Waals surface area contributed by atoms with Crippen LogP contribution in [0.4, 0.5) is 10.5 Å². The average molecular weight is 510 g/mol. The van der Waals surface area contributed by atoms with Crippen molar-refractivity contribution < 1.29 is 28.9 Å². The number of anilines is 1. The highest BCUT2D eigenvalue weighted by Crippen LogP contribution is 2.31. The molecule has 2 aromatic carbocycles. The number of morpholine rings is 1. The summed E-state index contributed by atoms with van der Waals surface area (Å²) in [7, 11) is 1.58. The second-order valence-electron chi connectivity index (χ2n) is 8.40. The second-order valence-corrected chi connectivity index (χ2v) is 8.40. The number of methoxy groups -OCH3 is 1. The molecule has 0 aliphatic carbocycles. The summed E-state index contributed by atoms with van der Waals surface area (Å²) in [5.74, 6) is 0.891. The summed E-state index contributed by atoms with van der Waals surface area (Å²) in [5, 5.41) is 18.9. The summed E-state index contributed by atoms with van der Waals surface area (Å²) >= 11 is 0. The molecule has 3 N–H and O–H groups in total. The van der Waals surface area contributed by atoms with Crippen LogP contribution in [0.2, 0.25) is 0 Å². The van der Waals surface area contributed by atoms with Crippen molar-refractivity contribution in [3.05, 3.63) is 60.4 Å². The van der Waals surface area contributed by atoms with Crippen molar-refractivity contribution >= 4 is 17.6 Å². The Morgan fingerprint density at radius 3 is 2.76 bits per heavy atom. The van der Waals surface area contributed by atoms with Gasteiger partial charge in [0.15, 0.2) is 0 Å². The van der Waals surface area contributed by atoms with E-state index in [0.29, 0.717) is 43.5 Å². The van der Waals surface area contributed by atoms with Gasteiger partial charge in [0.2, 0.25) is 5.91 Å². The first kappa shape index (κ1) is 26.0. The van der Waals surface area contributed by atoms with Gasteiger partial charge in [-0.15, -0.1) is 0 Å². The number of aromatic nitrogens is 2. The molecule has 1 fully saturated rings. The van der Waals surface area contributed by atoms with Crippen molar-refractivity contribution in [2.75, 3.05) is 58.5 Å². The molecule has 0 saturated carbocycles. The van der Waals surface area contributed by atoms with Gasteiger partial charge >= 0.3 is 6.03 Å². The van der Waals surface area contributed by atoms with E-state index in [4.69, 9.17) is 14.2 Å². The minimum atomic E-state index is -0.464. The Morgan fingerprint density at radius 1 is 1.19 bits per heavy atom. The standard InChI is InChI=1S/C26H31N5O6/c1-35-22-4-2-3-19(13-22)17-31(18-25(33)30-7-10-36-11-8-30)26(34)29-23-6-5-20(21-15-27-28-16-21)14-24(23)37-12-9-32/h2-6,13-16,32H,7-12,17-18H2,1H3,(H,27,28)(H,29,34). The Labute approximate surface area is 214 Å². The van der Waals surface area contributed by atoms with Crippen molar-refractivity contribution in [3.63, 3.8) is 0 Å². The van der Waals surface area contributed by atoms with Crippen LogP contribution in [0.25, 0.3) is 11.1 Å². The van der Waals surface area contributed by atoms with Gasteiger partial charge in [0, 0.05) is 31.4 Å². The van der Waals surface area contributed by atoms with Crippen LogP contribution in [-0.4, -0.2) is 90.2 Å². The van der Waals surface area contributed by atoms with Gasteiger partial charge in [-0.05, 0) is 35.4 Å². The van der Waals surface area contributed by atoms with E-state index in [0.717, 1.165) is 16.7 Å². The van der Waals surface area contributed by atoms with E-state index in [1.165, 1.54) is 4.90 Å². The number of aromatic amines is 1. The van der Waals surface area contributed by atoms with E-state index < -0.39 is 6.03 Å². The van der Waals surface area contributed by atoms with Crippen LogP contribution in [-0.2, 0) is 16.1 Å². The Kier molecular flexibility index (Phi) is 8.95. The first-order chi connectivity index (χ1) is 18.1. The first-order valence-electron chi connectivity index (χ1n) is 12.0. The fraction of sp³-hybridized carbons (Fsp3) is 0.346. The summed E-state index contributed by atoms with van der Waals surface area (Å²) in [6, 6.07) is 12.2. The van der Waals surface area contributed by atoms with Crippen molar-refractivity contribution in [1.82, 2.24) is 20.0 Å². The number of aliphatic hydroxyl groups is 1. The molecule has 0 atom stereocenters. The number of hydrogen-bond acceptors (Lipinski definition) is 7. The maximum atomic E-state index is 13.5. The second kappa shape index (κ2) is 12.7. The van der Waals surface area contributed by atoms with E-state index in [9.17, 15) is 14.7 Å². The molecule has 1 aromatic heterocycles. The lowest BCUT2D eigenvalue weighted by Crippen LogP contribution is -2.47. The molecule has 3 aromatic rings. The number of benzene rings is 2. The lowest BCUT2D eigenvalue weighted by Gasteiger charge is -2.30. The molecule has 3 amide bonds. The molecule has 4 rings (SSSR count). The van der Waals surface area contributed by atoms with E-state index >= 15 is 0 Å². The number of carbonyl (C=O) groups is 2. The monoisotopic (exact) mass is 509 g/mol. The van der Waals surface area contributed by atoms with E-state index in [1.807, 2.05) is 30.3 Å². The molecule has 0 spiro atoms. The lowest BCUT2D eigenvalue weighted by molar-refractivity contribution is -0.135. The molecular weight excluding hydrogens is 478 g/mol. The number of ether oxygens (including phenoxy) is 3. The number of urea groups is 1. The molecule has 196 valence electrons. The van der Waals surface area contributed by atoms with Gasteiger partial charge in [0.1, 0.15) is 24.7 Å². The third-order valence-electron chi connectivity index (χ3n) is 5.89. The zero-order valence-electron chi connectivity index (χ0n) is 20.7. The highest BCUT2D eigenvalue weighted by Gasteiger charge is 2.24. The lowest BCUT2D eigenvalue weighted by atomic mass is 10.1. The van der Waals surface area contributed by atoms with Gasteiger partial charge in [0.05, 0.1) is 38.8 Å². The molecule has 2 heterocycles. The zero-order valence-corrected chi connectivity index (χ0v) is 20.7. The minimum absolute atomic E-state index is 0.0563. The third-order valence-corrected chi connectivity index (χ3v) is 5.89. The van der Waals surface area contributed by atoms with Gasteiger partial charge in [-0.2, -0.15) is 5.10 Å². The molecule has 0 radical (unpaired) electrons. The maximum absolute atomic E-state index is 13.5. The van der Waals surface area contributed by atoms with Crippen LogP contribution in [0.1, 0.15) is 5.56 Å². The van der Waals surface area contributed by atoms with Crippen LogP contribution >= 0.6 is 0 Å². The minimum Gasteiger partial charge on any atom is -0.497 e. The molecule has 11 heteroatoms. The third kappa shape index (κ3) is 6.99. The number of rotatable bonds is 10. The van der Waals surface area contributed by atoms with Crippen molar-refractivity contribution in [2.45, 2.75) is 6.54 Å². The van der Waals surface area contributed by atoms with Crippen LogP contribution in [0, 0.1) is 0 Å². The highest BCUT2D eigenvalue weighted by molar-refractivity contribution is 5.94. The molecule has 1 saturated heterocycles. The number of hydrogen-bond donors (Lipinski definition) is 3. The van der Waals surface area contributed by atoms with Gasteiger partial charge in [-0.3, -0.25) is 9.89 Å². The molecule has 11 nitrogen and oxygen atoms in total. The predicted octanol–water partition coefficient (Wildman–Crippen LogP) is 2.35. The van der Waals surface area contributed by atoms with Gasteiger partial charge in [-0.25, -0.2) is 4.79 Å². The average Bonchev–Trinajstić information content (AvgIpc) is 3.48. The molecule has 1 aliphatic rings. The largest absolute Gasteiger partial charge is 0.497 e. The number of nitrogens with zero attached hydrogens (tertiary/aromatic N) is 3. The topological polar surface area (TPSA) is 129 Å². The first-order valence-corrected chi connectivity index (χ1v) is 12.0. The summed E-state index contributed by atoms with van der Waals surface area (Å²) in [5.41, 5.74) is 2.91. The van der Waals surface area contributed by atoms with Crippen molar-refractivity contribution in [3.8, 4) is 22.6 Å². The number of carbonyl (C=O) groups excluding carboxylic acids is 2. The van der Waals surface area contributed by atoms with Crippen molar-refractivity contribution in [1.29, 1.82) is 0 Å². The molecule has 37 heavy (non-hydrogen) atoms. The SMILES string of the molecule is COc1cccc(CN(CC(=O)N2CCOCC2)C(=O)Nc2ccc(-c3cn[nH]c3)cc2OCCO)c1. The van der Waals surface area contributed by atoms with Gasteiger partial charge in [-0.1, -0.05) is 18.2 Å².